The second-order valence-corrected chi connectivity index (χ2v) is 9.04. The van der Waals surface area contributed by atoms with Gasteiger partial charge in [0.1, 0.15) is 11.6 Å². The predicted octanol–water partition coefficient (Wildman–Crippen LogP) is 6.26. The van der Waals surface area contributed by atoms with Crippen LogP contribution in [0.5, 0.6) is 5.75 Å². The lowest BCUT2D eigenvalue weighted by molar-refractivity contribution is -0.266. The molecule has 1 unspecified atom stereocenters. The summed E-state index contributed by atoms with van der Waals surface area (Å²) in [5, 5.41) is 20.6. The molecule has 0 heterocycles. The Bertz CT molecular complexity index is 817. The molecule has 0 spiro atoms. The number of benzene rings is 2. The van der Waals surface area contributed by atoms with Crippen LogP contribution in [0.1, 0.15) is 31.4 Å². The summed E-state index contributed by atoms with van der Waals surface area (Å²) in [6, 6.07) is 7.75. The fourth-order valence-corrected chi connectivity index (χ4v) is 4.58. The topological polar surface area (TPSA) is 40.5 Å². The first-order valence-electron chi connectivity index (χ1n) is 7.97. The first-order chi connectivity index (χ1) is 12.2. The van der Waals surface area contributed by atoms with Gasteiger partial charge in [-0.1, -0.05) is 45.7 Å². The summed E-state index contributed by atoms with van der Waals surface area (Å²) in [5.74, 6) is -1.00. The Morgan fingerprint density at radius 2 is 1.52 bits per heavy atom. The minimum Gasteiger partial charge on any atom is -0.508 e. The molecule has 2 rings (SSSR count). The molecule has 1 atom stereocenters. The van der Waals surface area contributed by atoms with Crippen LogP contribution in [0, 0.1) is 5.82 Å². The molecule has 0 saturated carbocycles. The maximum atomic E-state index is 13.8. The largest absolute Gasteiger partial charge is 0.508 e. The summed E-state index contributed by atoms with van der Waals surface area (Å²) >= 11 is 6.44. The summed E-state index contributed by atoms with van der Waals surface area (Å²) in [4.78, 5) is 0. The minimum atomic E-state index is -4.93. The van der Waals surface area contributed by atoms with Crippen LogP contribution in [0.4, 0.5) is 17.6 Å². The van der Waals surface area contributed by atoms with Crippen LogP contribution >= 0.6 is 31.9 Å². The lowest BCUT2D eigenvalue weighted by atomic mass is 9.72. The molecule has 0 fully saturated rings. The molecular formula is C19H18Br2F4O2. The van der Waals surface area contributed by atoms with Crippen molar-refractivity contribution in [1.29, 1.82) is 0 Å². The summed E-state index contributed by atoms with van der Waals surface area (Å²) in [6.45, 7) is 2.85. The van der Waals surface area contributed by atoms with E-state index in [1.807, 2.05) is 0 Å². The first kappa shape index (κ1) is 22.2. The van der Waals surface area contributed by atoms with Gasteiger partial charge >= 0.3 is 6.18 Å². The predicted molar refractivity (Wildman–Crippen MR) is 102 cm³/mol. The molecular weight excluding hydrogens is 496 g/mol. The Labute approximate surface area is 171 Å². The van der Waals surface area contributed by atoms with E-state index in [9.17, 15) is 27.8 Å². The van der Waals surface area contributed by atoms with E-state index in [1.54, 1.807) is 6.07 Å². The normalized spacial score (nSPS) is 14.9. The molecule has 148 valence electrons. The number of phenols is 1. The van der Waals surface area contributed by atoms with E-state index in [0.29, 0.717) is 8.95 Å². The third kappa shape index (κ3) is 5.23. The molecule has 0 aromatic heterocycles. The van der Waals surface area contributed by atoms with Crippen LogP contribution in [0.3, 0.4) is 0 Å². The highest BCUT2D eigenvalue weighted by Gasteiger charge is 2.56. The highest BCUT2D eigenvalue weighted by Crippen LogP contribution is 2.45. The van der Waals surface area contributed by atoms with Crippen molar-refractivity contribution in [2.24, 2.45) is 0 Å². The molecule has 0 amide bonds. The van der Waals surface area contributed by atoms with Gasteiger partial charge in [0.25, 0.3) is 0 Å². The Balaban J connectivity index is 2.45. The van der Waals surface area contributed by atoms with E-state index in [2.05, 4.69) is 31.9 Å². The van der Waals surface area contributed by atoms with Gasteiger partial charge in [-0.15, -0.1) is 0 Å². The first-order valence-corrected chi connectivity index (χ1v) is 9.55. The Morgan fingerprint density at radius 3 is 2.04 bits per heavy atom. The van der Waals surface area contributed by atoms with Crippen LogP contribution in [-0.2, 0) is 11.8 Å². The number of aromatic hydroxyl groups is 1. The Hall–Kier alpha value is -1.12. The molecule has 2 N–H and O–H groups in total. The van der Waals surface area contributed by atoms with E-state index in [-0.39, 0.29) is 16.9 Å². The lowest BCUT2D eigenvalue weighted by Gasteiger charge is -2.38. The van der Waals surface area contributed by atoms with E-state index in [0.717, 1.165) is 18.2 Å². The quantitative estimate of drug-likeness (QED) is 0.463. The van der Waals surface area contributed by atoms with Crippen molar-refractivity contribution in [1.82, 2.24) is 0 Å². The fraction of sp³-hybridized carbons (Fsp3) is 0.368. The SMILES string of the molecule is CC(C)(CC(O)(Cc1cc(Br)cc(Br)c1)C(F)(F)F)c1cc(F)ccc1O. The average molecular weight is 514 g/mol. The zero-order valence-electron chi connectivity index (χ0n) is 14.5. The van der Waals surface area contributed by atoms with Crippen molar-refractivity contribution in [2.75, 3.05) is 0 Å². The van der Waals surface area contributed by atoms with Gasteiger partial charge < -0.3 is 10.2 Å². The molecule has 0 saturated heterocycles. The molecule has 2 aromatic rings. The van der Waals surface area contributed by atoms with E-state index >= 15 is 0 Å². The van der Waals surface area contributed by atoms with Crippen molar-refractivity contribution in [2.45, 2.75) is 43.9 Å². The van der Waals surface area contributed by atoms with Gasteiger partial charge in [0.05, 0.1) is 0 Å². The van der Waals surface area contributed by atoms with Crippen LogP contribution < -0.4 is 0 Å². The van der Waals surface area contributed by atoms with Gasteiger partial charge in [-0.3, -0.25) is 0 Å². The number of hydrogen-bond acceptors (Lipinski definition) is 2. The second kappa shape index (κ2) is 7.72. The second-order valence-electron chi connectivity index (χ2n) is 7.21. The molecule has 0 aliphatic heterocycles. The molecule has 27 heavy (non-hydrogen) atoms. The van der Waals surface area contributed by atoms with Crippen molar-refractivity contribution in [3.63, 3.8) is 0 Å². The van der Waals surface area contributed by atoms with Crippen molar-refractivity contribution >= 4 is 31.9 Å². The number of rotatable bonds is 5. The summed E-state index contributed by atoms with van der Waals surface area (Å²) in [7, 11) is 0. The molecule has 0 aliphatic carbocycles. The molecule has 0 radical (unpaired) electrons. The summed E-state index contributed by atoms with van der Waals surface area (Å²) in [5.41, 5.74) is -4.15. The van der Waals surface area contributed by atoms with Gasteiger partial charge in [-0.2, -0.15) is 13.2 Å². The van der Waals surface area contributed by atoms with Crippen molar-refractivity contribution in [3.8, 4) is 5.75 Å². The van der Waals surface area contributed by atoms with Gasteiger partial charge in [0.15, 0.2) is 5.60 Å². The minimum absolute atomic E-state index is 0.000554. The van der Waals surface area contributed by atoms with Crippen LogP contribution in [0.25, 0.3) is 0 Å². The summed E-state index contributed by atoms with van der Waals surface area (Å²) in [6.07, 6.45) is -6.37. The smallest absolute Gasteiger partial charge is 0.417 e. The van der Waals surface area contributed by atoms with Gasteiger partial charge in [-0.25, -0.2) is 4.39 Å². The average Bonchev–Trinajstić information content (AvgIpc) is 2.46. The van der Waals surface area contributed by atoms with Crippen molar-refractivity contribution in [3.05, 3.63) is 62.3 Å². The van der Waals surface area contributed by atoms with Gasteiger partial charge in [0.2, 0.25) is 0 Å². The van der Waals surface area contributed by atoms with Gasteiger partial charge in [0, 0.05) is 20.9 Å². The van der Waals surface area contributed by atoms with Crippen molar-refractivity contribution < 1.29 is 27.8 Å². The standard InChI is InChI=1S/C19H18Br2F4O2/c1-17(2,15-8-14(22)3-4-16(15)26)10-18(27,19(23,24)25)9-11-5-12(20)7-13(21)6-11/h3-8,26-27H,9-10H2,1-2H3. The lowest BCUT2D eigenvalue weighted by Crippen LogP contribution is -2.50. The number of hydrogen-bond donors (Lipinski definition) is 2. The number of aliphatic hydroxyl groups is 1. The highest BCUT2D eigenvalue weighted by molar-refractivity contribution is 9.11. The third-order valence-corrected chi connectivity index (χ3v) is 5.28. The third-order valence-electron chi connectivity index (χ3n) is 4.37. The van der Waals surface area contributed by atoms with Crippen LogP contribution in [0.15, 0.2) is 45.3 Å². The van der Waals surface area contributed by atoms with E-state index in [1.165, 1.54) is 26.0 Å². The molecule has 0 aliphatic rings. The van der Waals surface area contributed by atoms with E-state index in [4.69, 9.17) is 0 Å². The zero-order chi connectivity index (χ0) is 20.6. The van der Waals surface area contributed by atoms with Crippen LogP contribution in [-0.4, -0.2) is 22.0 Å². The maximum Gasteiger partial charge on any atom is 0.417 e. The highest BCUT2D eigenvalue weighted by atomic mass is 79.9. The molecule has 2 nitrogen and oxygen atoms in total. The summed E-state index contributed by atoms with van der Waals surface area (Å²) < 4.78 is 56.1. The number of halogens is 6. The Kier molecular flexibility index (Phi) is 6.34. The number of phenolic OH excluding ortho intramolecular Hbond substituents is 1. The number of alkyl halides is 3. The Morgan fingerprint density at radius 1 is 0.963 bits per heavy atom. The molecule has 0 bridgehead atoms. The maximum absolute atomic E-state index is 13.8. The zero-order valence-corrected chi connectivity index (χ0v) is 17.7. The fourth-order valence-electron chi connectivity index (χ4n) is 3.19. The van der Waals surface area contributed by atoms with Crippen LogP contribution in [0.2, 0.25) is 0 Å². The molecule has 2 aromatic carbocycles. The van der Waals surface area contributed by atoms with Gasteiger partial charge in [-0.05, 0) is 53.8 Å². The molecule has 8 heteroatoms. The van der Waals surface area contributed by atoms with E-state index < -0.39 is 35.9 Å². The monoisotopic (exact) mass is 512 g/mol.